The molecule has 36 heavy (non-hydrogen) atoms. The molecular weight excluding hydrogens is 454 g/mol. The van der Waals surface area contributed by atoms with E-state index in [4.69, 9.17) is 4.74 Å². The number of aromatic nitrogens is 2. The number of carbonyl (C=O) groups is 1. The van der Waals surface area contributed by atoms with Gasteiger partial charge >= 0.3 is 6.09 Å². The second-order valence-corrected chi connectivity index (χ2v) is 10.7. The highest BCUT2D eigenvalue weighted by Gasteiger charge is 2.26. The monoisotopic (exact) mass is 485 g/mol. The van der Waals surface area contributed by atoms with Crippen LogP contribution in [0.25, 0.3) is 10.9 Å². The third kappa shape index (κ3) is 4.78. The normalized spacial score (nSPS) is 16.0. The average molecular weight is 486 g/mol. The minimum absolute atomic E-state index is 0.103. The fourth-order valence-electron chi connectivity index (χ4n) is 5.17. The first kappa shape index (κ1) is 23.9. The van der Waals surface area contributed by atoms with Crippen LogP contribution in [0.2, 0.25) is 0 Å². The Morgan fingerprint density at radius 1 is 1.17 bits per heavy atom. The molecule has 1 fully saturated rings. The Morgan fingerprint density at radius 3 is 2.67 bits per heavy atom. The zero-order valence-electron chi connectivity index (χ0n) is 21.0. The van der Waals surface area contributed by atoms with Crippen molar-refractivity contribution < 1.29 is 9.53 Å². The highest BCUT2D eigenvalue weighted by atomic mass is 16.6. The van der Waals surface area contributed by atoms with Gasteiger partial charge in [0.2, 0.25) is 0 Å². The highest BCUT2D eigenvalue weighted by Crippen LogP contribution is 2.32. The number of hydrogen-bond donors (Lipinski definition) is 1. The molecule has 3 heterocycles. The minimum atomic E-state index is -0.532. The van der Waals surface area contributed by atoms with E-state index in [9.17, 15) is 14.9 Å². The second kappa shape index (κ2) is 9.30. The third-order valence-electron chi connectivity index (χ3n) is 6.87. The summed E-state index contributed by atoms with van der Waals surface area (Å²) in [5, 5.41) is 13.6. The second-order valence-electron chi connectivity index (χ2n) is 10.7. The van der Waals surface area contributed by atoms with Gasteiger partial charge in [0.1, 0.15) is 23.1 Å². The summed E-state index contributed by atoms with van der Waals surface area (Å²) in [7, 11) is 0. The molecule has 1 amide bonds. The van der Waals surface area contributed by atoms with E-state index in [1.54, 1.807) is 21.7 Å². The van der Waals surface area contributed by atoms with E-state index in [2.05, 4.69) is 16.4 Å². The van der Waals surface area contributed by atoms with Crippen LogP contribution in [0.15, 0.2) is 41.3 Å². The van der Waals surface area contributed by atoms with Gasteiger partial charge in [-0.3, -0.25) is 4.79 Å². The highest BCUT2D eigenvalue weighted by molar-refractivity contribution is 5.83. The topological polar surface area (TPSA) is 100 Å². The Labute approximate surface area is 210 Å². The molecule has 1 aliphatic carbocycles. The van der Waals surface area contributed by atoms with Crippen LogP contribution in [-0.4, -0.2) is 32.7 Å². The minimum Gasteiger partial charge on any atom is -0.444 e. The molecule has 0 atom stereocenters. The Bertz CT molecular complexity index is 1420. The van der Waals surface area contributed by atoms with Crippen LogP contribution in [-0.2, 0) is 17.7 Å². The molecule has 5 rings (SSSR count). The molecule has 3 aromatic rings. The summed E-state index contributed by atoms with van der Waals surface area (Å²) in [6, 6.07) is 11.8. The van der Waals surface area contributed by atoms with E-state index in [-0.39, 0.29) is 23.3 Å². The molecule has 0 radical (unpaired) electrons. The summed E-state index contributed by atoms with van der Waals surface area (Å²) in [5.41, 5.74) is 3.32. The summed E-state index contributed by atoms with van der Waals surface area (Å²) in [4.78, 5) is 31.9. The van der Waals surface area contributed by atoms with Gasteiger partial charge in [-0.2, -0.15) is 5.26 Å². The molecule has 1 aromatic carbocycles. The van der Waals surface area contributed by atoms with Crippen LogP contribution >= 0.6 is 0 Å². The predicted octanol–water partition coefficient (Wildman–Crippen LogP) is 5.42. The van der Waals surface area contributed by atoms with Gasteiger partial charge in [0, 0.05) is 42.5 Å². The van der Waals surface area contributed by atoms with E-state index < -0.39 is 5.60 Å². The van der Waals surface area contributed by atoms with E-state index in [1.807, 2.05) is 45.0 Å². The molecule has 2 aliphatic rings. The van der Waals surface area contributed by atoms with Crippen LogP contribution < -0.4 is 10.9 Å². The summed E-state index contributed by atoms with van der Waals surface area (Å²) in [5.74, 6) is 0.623. The zero-order valence-corrected chi connectivity index (χ0v) is 21.0. The van der Waals surface area contributed by atoms with Crippen molar-refractivity contribution >= 4 is 28.5 Å². The van der Waals surface area contributed by atoms with Gasteiger partial charge in [-0.1, -0.05) is 18.9 Å². The Morgan fingerprint density at radius 2 is 1.94 bits per heavy atom. The smallest absolute Gasteiger partial charge is 0.410 e. The van der Waals surface area contributed by atoms with Crippen LogP contribution in [0, 0.1) is 11.3 Å². The van der Waals surface area contributed by atoms with E-state index in [0.29, 0.717) is 18.9 Å². The van der Waals surface area contributed by atoms with Crippen molar-refractivity contribution in [2.45, 2.75) is 71.1 Å². The van der Waals surface area contributed by atoms with Gasteiger partial charge < -0.3 is 19.5 Å². The lowest BCUT2D eigenvalue weighted by atomic mass is 9.99. The van der Waals surface area contributed by atoms with Crippen molar-refractivity contribution in [2.24, 2.45) is 0 Å². The van der Waals surface area contributed by atoms with Crippen molar-refractivity contribution in [1.82, 2.24) is 14.5 Å². The first-order chi connectivity index (χ1) is 17.2. The number of rotatable bonds is 3. The number of carbonyl (C=O) groups excluding carboxylic acids is 1. The molecule has 0 saturated heterocycles. The molecule has 0 bridgehead atoms. The van der Waals surface area contributed by atoms with E-state index >= 15 is 0 Å². The molecular formula is C28H31N5O3. The number of pyridine rings is 2. The molecule has 0 spiro atoms. The average Bonchev–Trinajstić information content (AvgIpc) is 3.36. The zero-order chi connectivity index (χ0) is 25.4. The van der Waals surface area contributed by atoms with Crippen molar-refractivity contribution in [3.8, 4) is 6.07 Å². The fourth-order valence-corrected chi connectivity index (χ4v) is 5.17. The Kier molecular flexibility index (Phi) is 6.17. The molecule has 186 valence electrons. The van der Waals surface area contributed by atoms with Gasteiger partial charge in [0.25, 0.3) is 5.56 Å². The Balaban J connectivity index is 1.43. The largest absolute Gasteiger partial charge is 0.444 e. The summed E-state index contributed by atoms with van der Waals surface area (Å²) >= 11 is 0. The quantitative estimate of drug-likeness (QED) is 0.532. The molecule has 8 nitrogen and oxygen atoms in total. The van der Waals surface area contributed by atoms with Gasteiger partial charge in [-0.25, -0.2) is 9.78 Å². The number of nitrogens with zero attached hydrogens (tertiary/aromatic N) is 4. The number of ether oxygens (including phenoxy) is 1. The SMILES string of the molecule is CC(C)(C)OC(=O)N1CCc2ccc(Nc3cc4c(cn3)cc(C#N)c(=O)n4C3CCCC3)cc2C1. The van der Waals surface area contributed by atoms with Crippen LogP contribution in [0.3, 0.4) is 0 Å². The van der Waals surface area contributed by atoms with Crippen LogP contribution in [0.1, 0.15) is 69.2 Å². The van der Waals surface area contributed by atoms with E-state index in [1.165, 1.54) is 5.56 Å². The molecule has 1 aliphatic heterocycles. The number of amides is 1. The van der Waals surface area contributed by atoms with Crippen molar-refractivity contribution in [2.75, 3.05) is 11.9 Å². The maximum Gasteiger partial charge on any atom is 0.410 e. The molecule has 1 N–H and O–H groups in total. The lowest BCUT2D eigenvalue weighted by Crippen LogP contribution is -2.39. The van der Waals surface area contributed by atoms with Gasteiger partial charge in [0.15, 0.2) is 0 Å². The van der Waals surface area contributed by atoms with Gasteiger partial charge in [-0.05, 0) is 69.4 Å². The number of benzene rings is 1. The van der Waals surface area contributed by atoms with Crippen molar-refractivity contribution in [3.63, 3.8) is 0 Å². The van der Waals surface area contributed by atoms with Gasteiger partial charge in [0.05, 0.1) is 5.52 Å². The molecule has 1 saturated carbocycles. The summed E-state index contributed by atoms with van der Waals surface area (Å²) in [6.07, 6.45) is 6.23. The molecule has 2 aromatic heterocycles. The number of nitriles is 1. The van der Waals surface area contributed by atoms with Crippen LogP contribution in [0.5, 0.6) is 0 Å². The predicted molar refractivity (Wildman–Crippen MR) is 138 cm³/mol. The third-order valence-corrected chi connectivity index (χ3v) is 6.87. The summed E-state index contributed by atoms with van der Waals surface area (Å²) < 4.78 is 7.34. The van der Waals surface area contributed by atoms with Crippen molar-refractivity contribution in [3.05, 3.63) is 63.6 Å². The number of anilines is 2. The lowest BCUT2D eigenvalue weighted by molar-refractivity contribution is 0.0224. The first-order valence-electron chi connectivity index (χ1n) is 12.5. The number of nitrogens with one attached hydrogen (secondary N) is 1. The lowest BCUT2D eigenvalue weighted by Gasteiger charge is -2.31. The van der Waals surface area contributed by atoms with Gasteiger partial charge in [-0.15, -0.1) is 0 Å². The standard InChI is InChI=1S/C28H31N5O3/c1-28(2,3)36-27(35)32-11-10-18-8-9-22(13-21(18)17-32)31-25-14-24-20(16-30-25)12-19(15-29)26(34)33(24)23-6-4-5-7-23/h8-9,12-14,16,23H,4-7,10-11,17H2,1-3H3,(H,30,31). The van der Waals surface area contributed by atoms with E-state index in [0.717, 1.165) is 54.3 Å². The maximum absolute atomic E-state index is 13.1. The fraction of sp³-hybridized carbons (Fsp3) is 0.429. The number of hydrogen-bond acceptors (Lipinski definition) is 6. The molecule has 0 unspecified atom stereocenters. The Hall–Kier alpha value is -3.86. The van der Waals surface area contributed by atoms with Crippen LogP contribution in [0.4, 0.5) is 16.3 Å². The number of fused-ring (bicyclic) bond motifs is 2. The first-order valence-corrected chi connectivity index (χ1v) is 12.5. The summed E-state index contributed by atoms with van der Waals surface area (Å²) in [6.45, 7) is 6.73. The van der Waals surface area contributed by atoms with Crippen molar-refractivity contribution in [1.29, 1.82) is 5.26 Å². The molecule has 8 heteroatoms. The maximum atomic E-state index is 13.1.